The Hall–Kier alpha value is -2.49. The first-order valence-electron chi connectivity index (χ1n) is 14.9. The smallest absolute Gasteiger partial charge is 0.407 e. The summed E-state index contributed by atoms with van der Waals surface area (Å²) in [5.74, 6) is 0. The van der Waals surface area contributed by atoms with Gasteiger partial charge in [0.25, 0.3) is 8.32 Å². The number of ether oxygens (including phenoxy) is 1. The summed E-state index contributed by atoms with van der Waals surface area (Å²) in [7, 11) is -3.87. The van der Waals surface area contributed by atoms with Crippen LogP contribution >= 0.6 is 11.6 Å². The average Bonchev–Trinajstić information content (AvgIpc) is 2.92. The maximum absolute atomic E-state index is 13.0. The number of halogens is 1. The summed E-state index contributed by atoms with van der Waals surface area (Å²) in [6, 6.07) is 28.0. The number of nitrogens with zero attached hydrogens (tertiary/aromatic N) is 1. The molecular formula is C34H45ClN2O4SSi. The first kappa shape index (κ1) is 33.4. The predicted molar refractivity (Wildman–Crippen MR) is 179 cm³/mol. The van der Waals surface area contributed by atoms with Gasteiger partial charge >= 0.3 is 6.09 Å². The Morgan fingerprint density at radius 1 is 0.930 bits per heavy atom. The summed E-state index contributed by atoms with van der Waals surface area (Å²) in [6.07, 6.45) is 0.228. The zero-order chi connectivity index (χ0) is 31.3. The molecule has 2 atom stereocenters. The standard InChI is InChI=1S/C34H45ClN2O4SSi/c1-33(2,3)41-32(38)36-27(21-22-37-23-29(24-37)42(39)28-19-17-26(35)18-20-28)25-40-43(34(4,5)6,30-13-9-7-10-14-30)31-15-11-8-12-16-31/h7-20,27,29H,21-25H2,1-6H3,(H,36,38)/t27-,42?/m0/s1. The second-order valence-corrected chi connectivity index (χ2v) is 19.7. The molecule has 1 unspecified atom stereocenters. The van der Waals surface area contributed by atoms with Crippen molar-refractivity contribution in [2.45, 2.75) is 74.8 Å². The molecule has 3 aromatic rings. The Morgan fingerprint density at radius 2 is 1.47 bits per heavy atom. The second kappa shape index (κ2) is 14.1. The quantitative estimate of drug-likeness (QED) is 0.261. The highest BCUT2D eigenvalue weighted by Crippen LogP contribution is 2.37. The van der Waals surface area contributed by atoms with Crippen molar-refractivity contribution in [1.82, 2.24) is 10.2 Å². The molecular weight excluding hydrogens is 596 g/mol. The second-order valence-electron chi connectivity index (χ2n) is 13.2. The van der Waals surface area contributed by atoms with Crippen molar-refractivity contribution < 1.29 is 18.2 Å². The van der Waals surface area contributed by atoms with Gasteiger partial charge in [0.1, 0.15) is 5.60 Å². The number of likely N-dealkylation sites (tertiary alicyclic amines) is 1. The van der Waals surface area contributed by atoms with E-state index in [2.05, 4.69) is 79.5 Å². The summed E-state index contributed by atoms with van der Waals surface area (Å²) in [4.78, 5) is 16.0. The summed E-state index contributed by atoms with van der Waals surface area (Å²) in [5.41, 5.74) is -0.607. The van der Waals surface area contributed by atoms with Gasteiger partial charge in [-0.2, -0.15) is 0 Å². The average molecular weight is 641 g/mol. The first-order chi connectivity index (χ1) is 20.3. The minimum Gasteiger partial charge on any atom is -0.444 e. The van der Waals surface area contributed by atoms with Crippen LogP contribution in [0.25, 0.3) is 0 Å². The Balaban J connectivity index is 1.50. The van der Waals surface area contributed by atoms with Gasteiger partial charge in [0, 0.05) is 29.6 Å². The van der Waals surface area contributed by atoms with E-state index in [0.29, 0.717) is 18.1 Å². The molecule has 0 spiro atoms. The third kappa shape index (κ3) is 8.57. The van der Waals surface area contributed by atoms with Crippen LogP contribution in [0.3, 0.4) is 0 Å². The van der Waals surface area contributed by atoms with Crippen molar-refractivity contribution in [1.29, 1.82) is 0 Å². The fraction of sp³-hybridized carbons (Fsp3) is 0.441. The van der Waals surface area contributed by atoms with Crippen molar-refractivity contribution in [3.63, 3.8) is 0 Å². The van der Waals surface area contributed by atoms with Crippen LogP contribution in [0.1, 0.15) is 48.0 Å². The highest BCUT2D eigenvalue weighted by atomic mass is 35.5. The number of carbonyl (C=O) groups is 1. The third-order valence-electron chi connectivity index (χ3n) is 7.70. The molecule has 1 N–H and O–H groups in total. The van der Waals surface area contributed by atoms with Gasteiger partial charge < -0.3 is 19.4 Å². The number of amides is 1. The van der Waals surface area contributed by atoms with Crippen LogP contribution in [-0.2, 0) is 20.0 Å². The minimum atomic E-state index is -2.78. The van der Waals surface area contributed by atoms with Crippen LogP contribution in [-0.4, -0.2) is 66.7 Å². The molecule has 6 nitrogen and oxygen atoms in total. The van der Waals surface area contributed by atoms with Gasteiger partial charge in [-0.05, 0) is 66.9 Å². The molecule has 9 heteroatoms. The lowest BCUT2D eigenvalue weighted by atomic mass is 10.1. The zero-order valence-electron chi connectivity index (χ0n) is 26.1. The molecule has 1 aliphatic heterocycles. The van der Waals surface area contributed by atoms with E-state index in [1.54, 1.807) is 12.1 Å². The van der Waals surface area contributed by atoms with E-state index in [9.17, 15) is 9.00 Å². The largest absolute Gasteiger partial charge is 0.444 e. The Morgan fingerprint density at radius 3 is 1.95 bits per heavy atom. The van der Waals surface area contributed by atoms with E-state index in [1.165, 1.54) is 10.4 Å². The van der Waals surface area contributed by atoms with Gasteiger partial charge in [0.15, 0.2) is 0 Å². The van der Waals surface area contributed by atoms with Crippen LogP contribution in [0.4, 0.5) is 4.79 Å². The number of hydrogen-bond donors (Lipinski definition) is 1. The fourth-order valence-corrected chi connectivity index (χ4v) is 11.8. The van der Waals surface area contributed by atoms with Crippen molar-refractivity contribution in [3.8, 4) is 0 Å². The lowest BCUT2D eigenvalue weighted by molar-refractivity contribution is 0.0474. The maximum Gasteiger partial charge on any atom is 0.407 e. The topological polar surface area (TPSA) is 67.9 Å². The SMILES string of the molecule is CC(C)(C)OC(=O)N[C@@H](CCN1CC(S(=O)c2ccc(Cl)cc2)C1)CO[Si](c1ccccc1)(c1ccccc1)C(C)(C)C. The van der Waals surface area contributed by atoms with Gasteiger partial charge in [-0.15, -0.1) is 0 Å². The van der Waals surface area contributed by atoms with E-state index in [1.807, 2.05) is 45.0 Å². The van der Waals surface area contributed by atoms with E-state index in [-0.39, 0.29) is 16.3 Å². The highest BCUT2D eigenvalue weighted by molar-refractivity contribution is 7.85. The van der Waals surface area contributed by atoms with Gasteiger partial charge in [-0.3, -0.25) is 4.21 Å². The van der Waals surface area contributed by atoms with Crippen molar-refractivity contribution >= 4 is 47.2 Å². The van der Waals surface area contributed by atoms with Gasteiger partial charge in [0.2, 0.25) is 0 Å². The van der Waals surface area contributed by atoms with E-state index >= 15 is 0 Å². The molecule has 3 aromatic carbocycles. The highest BCUT2D eigenvalue weighted by Gasteiger charge is 2.50. The molecule has 0 saturated carbocycles. The molecule has 1 amide bonds. The zero-order valence-corrected chi connectivity index (χ0v) is 28.7. The number of nitrogens with one attached hydrogen (secondary N) is 1. The Bertz CT molecular complexity index is 1320. The molecule has 232 valence electrons. The lowest BCUT2D eigenvalue weighted by Crippen LogP contribution is -2.67. The predicted octanol–water partition coefficient (Wildman–Crippen LogP) is 5.99. The Kier molecular flexibility index (Phi) is 10.9. The van der Waals surface area contributed by atoms with Gasteiger partial charge in [-0.25, -0.2) is 4.79 Å². The van der Waals surface area contributed by atoms with E-state index in [4.69, 9.17) is 20.8 Å². The monoisotopic (exact) mass is 640 g/mol. The van der Waals surface area contributed by atoms with E-state index in [0.717, 1.165) is 24.5 Å². The van der Waals surface area contributed by atoms with Crippen LogP contribution in [0.2, 0.25) is 10.1 Å². The minimum absolute atomic E-state index is 0.0757. The van der Waals surface area contributed by atoms with Crippen molar-refractivity contribution in [2.24, 2.45) is 0 Å². The summed E-state index contributed by atoms with van der Waals surface area (Å²) in [6.45, 7) is 14.9. The number of hydrogen-bond acceptors (Lipinski definition) is 5. The van der Waals surface area contributed by atoms with Crippen LogP contribution in [0.5, 0.6) is 0 Å². The number of alkyl carbamates (subject to hydrolysis) is 1. The molecule has 1 saturated heterocycles. The summed E-state index contributed by atoms with van der Waals surface area (Å²) < 4.78 is 25.8. The number of rotatable bonds is 11. The normalized spacial score (nSPS) is 16.3. The first-order valence-corrected chi connectivity index (χ1v) is 18.4. The maximum atomic E-state index is 13.0. The molecule has 43 heavy (non-hydrogen) atoms. The van der Waals surface area contributed by atoms with Gasteiger partial charge in [0.05, 0.1) is 28.7 Å². The van der Waals surface area contributed by atoms with Crippen molar-refractivity contribution in [2.75, 3.05) is 26.2 Å². The molecule has 0 aromatic heterocycles. The lowest BCUT2D eigenvalue weighted by Gasteiger charge is -2.44. The van der Waals surface area contributed by atoms with Crippen LogP contribution in [0.15, 0.2) is 89.8 Å². The molecule has 0 aliphatic carbocycles. The molecule has 0 bridgehead atoms. The van der Waals surface area contributed by atoms with Crippen LogP contribution < -0.4 is 15.7 Å². The molecule has 4 rings (SSSR count). The summed E-state index contributed by atoms with van der Waals surface area (Å²) in [5, 5.41) is 6.03. The molecule has 1 fully saturated rings. The molecule has 1 heterocycles. The van der Waals surface area contributed by atoms with Crippen molar-refractivity contribution in [3.05, 3.63) is 90.0 Å². The van der Waals surface area contributed by atoms with Crippen LogP contribution in [0, 0.1) is 0 Å². The number of benzene rings is 3. The fourth-order valence-electron chi connectivity index (χ4n) is 5.60. The molecule has 0 radical (unpaired) electrons. The van der Waals surface area contributed by atoms with E-state index < -0.39 is 30.8 Å². The summed E-state index contributed by atoms with van der Waals surface area (Å²) >= 11 is 6.00. The Labute approximate surface area is 265 Å². The third-order valence-corrected chi connectivity index (χ3v) is 14.6. The van der Waals surface area contributed by atoms with Gasteiger partial charge in [-0.1, -0.05) is 93.0 Å². The molecule has 1 aliphatic rings. The number of carbonyl (C=O) groups excluding carboxylic acids is 1.